The third-order valence-electron chi connectivity index (χ3n) is 4.02. The Bertz CT molecular complexity index is 686. The molecule has 23 heavy (non-hydrogen) atoms. The van der Waals surface area contributed by atoms with Crippen LogP contribution in [0.3, 0.4) is 0 Å². The standard InChI is InChI=1S/C16H20N4O3/c21-20(22)15-5-4-14(13-3-1-6-18-16(13)15)17-7-2-8-19-9-11-23-12-10-19/h1,3-6,17H,2,7-12H2. The van der Waals surface area contributed by atoms with Crippen molar-refractivity contribution in [2.75, 3.05) is 44.7 Å². The molecule has 2 aromatic rings. The Morgan fingerprint density at radius 1 is 1.30 bits per heavy atom. The highest BCUT2D eigenvalue weighted by molar-refractivity contribution is 5.96. The van der Waals surface area contributed by atoms with E-state index in [1.54, 1.807) is 18.3 Å². The van der Waals surface area contributed by atoms with Crippen LogP contribution in [0.5, 0.6) is 0 Å². The number of aromatic nitrogens is 1. The fraction of sp³-hybridized carbons (Fsp3) is 0.438. The molecule has 2 heterocycles. The summed E-state index contributed by atoms with van der Waals surface area (Å²) in [7, 11) is 0. The lowest BCUT2D eigenvalue weighted by Gasteiger charge is -2.26. The molecule has 7 heteroatoms. The molecule has 1 N–H and O–H groups in total. The first-order valence-electron chi connectivity index (χ1n) is 7.82. The fourth-order valence-electron chi connectivity index (χ4n) is 2.81. The quantitative estimate of drug-likeness (QED) is 0.500. The molecule has 1 fully saturated rings. The molecule has 0 saturated carbocycles. The van der Waals surface area contributed by atoms with Crippen molar-refractivity contribution in [1.82, 2.24) is 9.88 Å². The van der Waals surface area contributed by atoms with Crippen LogP contribution in [0.15, 0.2) is 30.5 Å². The lowest BCUT2D eigenvalue weighted by Crippen LogP contribution is -2.37. The number of ether oxygens (including phenoxy) is 1. The zero-order chi connectivity index (χ0) is 16.1. The van der Waals surface area contributed by atoms with Gasteiger partial charge in [-0.05, 0) is 31.2 Å². The van der Waals surface area contributed by atoms with Crippen LogP contribution in [0, 0.1) is 10.1 Å². The number of hydrogen-bond donors (Lipinski definition) is 1. The van der Waals surface area contributed by atoms with Crippen LogP contribution in [-0.4, -0.2) is 54.2 Å². The molecule has 0 atom stereocenters. The van der Waals surface area contributed by atoms with Gasteiger partial charge < -0.3 is 10.1 Å². The summed E-state index contributed by atoms with van der Waals surface area (Å²) in [5.41, 5.74) is 1.36. The highest BCUT2D eigenvalue weighted by Crippen LogP contribution is 2.29. The van der Waals surface area contributed by atoms with Crippen molar-refractivity contribution in [3.8, 4) is 0 Å². The molecule has 0 bridgehead atoms. The van der Waals surface area contributed by atoms with Gasteiger partial charge in [-0.1, -0.05) is 0 Å². The second-order valence-electron chi connectivity index (χ2n) is 5.52. The topological polar surface area (TPSA) is 80.5 Å². The van der Waals surface area contributed by atoms with Crippen molar-refractivity contribution in [2.24, 2.45) is 0 Å². The van der Waals surface area contributed by atoms with E-state index in [-0.39, 0.29) is 5.69 Å². The average molecular weight is 316 g/mol. The van der Waals surface area contributed by atoms with Gasteiger partial charge in [-0.25, -0.2) is 4.98 Å². The molecule has 1 aromatic carbocycles. The number of non-ortho nitro benzene ring substituents is 1. The molecule has 122 valence electrons. The molecular formula is C16H20N4O3. The predicted molar refractivity (Wildman–Crippen MR) is 88.8 cm³/mol. The van der Waals surface area contributed by atoms with Gasteiger partial charge in [0, 0.05) is 43.0 Å². The Morgan fingerprint density at radius 2 is 2.13 bits per heavy atom. The van der Waals surface area contributed by atoms with Gasteiger partial charge in [-0.15, -0.1) is 0 Å². The second-order valence-corrected chi connectivity index (χ2v) is 5.52. The molecule has 1 aliphatic rings. The van der Waals surface area contributed by atoms with Gasteiger partial charge in [-0.3, -0.25) is 15.0 Å². The number of nitro groups is 1. The first-order valence-corrected chi connectivity index (χ1v) is 7.82. The van der Waals surface area contributed by atoms with E-state index in [9.17, 15) is 10.1 Å². The van der Waals surface area contributed by atoms with E-state index in [2.05, 4.69) is 15.2 Å². The summed E-state index contributed by atoms with van der Waals surface area (Å²) in [5.74, 6) is 0. The SMILES string of the molecule is O=[N+]([O-])c1ccc(NCCCN2CCOCC2)c2cccnc12. The molecule has 0 aliphatic carbocycles. The van der Waals surface area contributed by atoms with Gasteiger partial charge in [0.1, 0.15) is 5.52 Å². The first kappa shape index (κ1) is 15.6. The van der Waals surface area contributed by atoms with Crippen LogP contribution in [0.1, 0.15) is 6.42 Å². The van der Waals surface area contributed by atoms with Gasteiger partial charge in [0.05, 0.1) is 18.1 Å². The smallest absolute Gasteiger partial charge is 0.295 e. The maximum atomic E-state index is 11.1. The van der Waals surface area contributed by atoms with Crippen molar-refractivity contribution < 1.29 is 9.66 Å². The van der Waals surface area contributed by atoms with Crippen LogP contribution in [0.25, 0.3) is 10.9 Å². The lowest BCUT2D eigenvalue weighted by molar-refractivity contribution is -0.383. The van der Waals surface area contributed by atoms with E-state index in [4.69, 9.17) is 4.74 Å². The number of nitrogens with one attached hydrogen (secondary N) is 1. The molecule has 3 rings (SSSR count). The summed E-state index contributed by atoms with van der Waals surface area (Å²) in [4.78, 5) is 17.3. The van der Waals surface area contributed by atoms with Crippen LogP contribution in [0.4, 0.5) is 11.4 Å². The largest absolute Gasteiger partial charge is 0.384 e. The molecular weight excluding hydrogens is 296 g/mol. The summed E-state index contributed by atoms with van der Waals surface area (Å²) >= 11 is 0. The molecule has 1 saturated heterocycles. The minimum atomic E-state index is -0.391. The van der Waals surface area contributed by atoms with Crippen LogP contribution >= 0.6 is 0 Å². The second kappa shape index (κ2) is 7.34. The van der Waals surface area contributed by atoms with E-state index in [0.717, 1.165) is 56.9 Å². The third kappa shape index (κ3) is 3.75. The van der Waals surface area contributed by atoms with Crippen LogP contribution < -0.4 is 5.32 Å². The lowest BCUT2D eigenvalue weighted by atomic mass is 10.1. The third-order valence-corrected chi connectivity index (χ3v) is 4.02. The number of anilines is 1. The summed E-state index contributed by atoms with van der Waals surface area (Å²) < 4.78 is 5.33. The van der Waals surface area contributed by atoms with E-state index >= 15 is 0 Å². The minimum absolute atomic E-state index is 0.0412. The molecule has 7 nitrogen and oxygen atoms in total. The normalized spacial score (nSPS) is 15.7. The monoisotopic (exact) mass is 316 g/mol. The van der Waals surface area contributed by atoms with E-state index < -0.39 is 4.92 Å². The Hall–Kier alpha value is -2.25. The van der Waals surface area contributed by atoms with Gasteiger partial charge in [0.15, 0.2) is 0 Å². The Labute approximate surface area is 134 Å². The van der Waals surface area contributed by atoms with E-state index in [0.29, 0.717) is 5.52 Å². The predicted octanol–water partition coefficient (Wildman–Crippen LogP) is 2.28. The molecule has 0 amide bonds. The Balaban J connectivity index is 1.64. The van der Waals surface area contributed by atoms with Gasteiger partial charge in [-0.2, -0.15) is 0 Å². The van der Waals surface area contributed by atoms with Gasteiger partial charge >= 0.3 is 0 Å². The number of nitro benzene ring substituents is 1. The molecule has 0 spiro atoms. The number of pyridine rings is 1. The number of benzene rings is 1. The fourth-order valence-corrected chi connectivity index (χ4v) is 2.81. The van der Waals surface area contributed by atoms with Crippen molar-refractivity contribution in [3.05, 3.63) is 40.6 Å². The minimum Gasteiger partial charge on any atom is -0.384 e. The number of hydrogen-bond acceptors (Lipinski definition) is 6. The maximum absolute atomic E-state index is 11.1. The van der Waals surface area contributed by atoms with E-state index in [1.807, 2.05) is 6.07 Å². The molecule has 0 unspecified atom stereocenters. The maximum Gasteiger partial charge on any atom is 0.295 e. The molecule has 0 radical (unpaired) electrons. The highest BCUT2D eigenvalue weighted by atomic mass is 16.6. The number of nitrogens with zero attached hydrogens (tertiary/aromatic N) is 3. The van der Waals surface area contributed by atoms with Gasteiger partial charge in [0.25, 0.3) is 5.69 Å². The molecule has 1 aliphatic heterocycles. The summed E-state index contributed by atoms with van der Waals surface area (Å²) in [6.07, 6.45) is 2.59. The van der Waals surface area contributed by atoms with Crippen molar-refractivity contribution in [1.29, 1.82) is 0 Å². The van der Waals surface area contributed by atoms with Crippen molar-refractivity contribution in [3.63, 3.8) is 0 Å². The summed E-state index contributed by atoms with van der Waals surface area (Å²) in [6.45, 7) is 5.45. The van der Waals surface area contributed by atoms with Crippen LogP contribution in [0.2, 0.25) is 0 Å². The highest BCUT2D eigenvalue weighted by Gasteiger charge is 2.15. The van der Waals surface area contributed by atoms with Crippen molar-refractivity contribution in [2.45, 2.75) is 6.42 Å². The average Bonchev–Trinajstić information content (AvgIpc) is 2.59. The molecule has 1 aromatic heterocycles. The van der Waals surface area contributed by atoms with Crippen LogP contribution in [-0.2, 0) is 4.74 Å². The number of fused-ring (bicyclic) bond motifs is 1. The Kier molecular flexibility index (Phi) is 4.99. The Morgan fingerprint density at radius 3 is 2.91 bits per heavy atom. The summed E-state index contributed by atoms with van der Waals surface area (Å²) in [6, 6.07) is 6.93. The zero-order valence-corrected chi connectivity index (χ0v) is 12.9. The van der Waals surface area contributed by atoms with E-state index in [1.165, 1.54) is 6.07 Å². The van der Waals surface area contributed by atoms with Gasteiger partial charge in [0.2, 0.25) is 0 Å². The van der Waals surface area contributed by atoms with Crippen molar-refractivity contribution >= 4 is 22.3 Å². The zero-order valence-electron chi connectivity index (χ0n) is 12.9. The first-order chi connectivity index (χ1) is 11.3. The number of morpholine rings is 1. The number of rotatable bonds is 6. The summed E-state index contributed by atoms with van der Waals surface area (Å²) in [5, 5.41) is 15.2.